The second-order valence-electron chi connectivity index (χ2n) is 5.63. The van der Waals surface area contributed by atoms with Gasteiger partial charge in [0.05, 0.1) is 18.9 Å². The summed E-state index contributed by atoms with van der Waals surface area (Å²) in [6.45, 7) is 1.23. The smallest absolute Gasteiger partial charge is 0.232 e. The van der Waals surface area contributed by atoms with Crippen LogP contribution in [0.2, 0.25) is 0 Å². The van der Waals surface area contributed by atoms with Crippen molar-refractivity contribution in [2.24, 2.45) is 0 Å². The summed E-state index contributed by atoms with van der Waals surface area (Å²) in [5.41, 5.74) is 4.52. The van der Waals surface area contributed by atoms with Crippen LogP contribution in [0.4, 0.5) is 0 Å². The van der Waals surface area contributed by atoms with E-state index < -0.39 is 0 Å². The predicted molar refractivity (Wildman–Crippen MR) is 92.3 cm³/mol. The molecule has 0 unspecified atom stereocenters. The first-order valence-corrected chi connectivity index (χ1v) is 8.01. The Morgan fingerprint density at radius 1 is 0.920 bits per heavy atom. The summed E-state index contributed by atoms with van der Waals surface area (Å²) < 4.78 is 11.0. The summed E-state index contributed by atoms with van der Waals surface area (Å²) in [4.78, 5) is 8.56. The Labute approximate surface area is 145 Å². The molecule has 0 radical (unpaired) electrons. The fraction of sp³-hybridized carbons (Fsp3) is 0.150. The van der Waals surface area contributed by atoms with Crippen LogP contribution in [0.25, 0.3) is 22.4 Å². The Balaban J connectivity index is 1.77. The lowest BCUT2D eigenvalue weighted by Gasteiger charge is -2.12. The Morgan fingerprint density at radius 3 is 2.32 bits per heavy atom. The molecule has 2 aromatic carbocycles. The minimum Gasteiger partial charge on any atom is -0.346 e. The van der Waals surface area contributed by atoms with Crippen molar-refractivity contribution in [2.75, 3.05) is 13.2 Å². The monoisotopic (exact) mass is 329 g/mol. The van der Waals surface area contributed by atoms with Crippen molar-refractivity contribution in [2.45, 2.75) is 6.29 Å². The second kappa shape index (κ2) is 6.81. The van der Waals surface area contributed by atoms with Crippen molar-refractivity contribution >= 4 is 0 Å². The third-order valence-corrected chi connectivity index (χ3v) is 4.05. The molecule has 0 saturated carbocycles. The minimum atomic E-state index is -0.303. The molecule has 5 nitrogen and oxygen atoms in total. The van der Waals surface area contributed by atoms with Crippen molar-refractivity contribution < 1.29 is 9.47 Å². The topological polar surface area (TPSA) is 68.0 Å². The van der Waals surface area contributed by atoms with Gasteiger partial charge < -0.3 is 9.47 Å². The number of hydrogen-bond acceptors (Lipinski definition) is 5. The Morgan fingerprint density at radius 2 is 1.64 bits per heavy atom. The number of ether oxygens (including phenoxy) is 2. The molecule has 4 rings (SSSR count). The third-order valence-electron chi connectivity index (χ3n) is 4.05. The molecular formula is C20H15N3O2. The molecule has 1 aromatic heterocycles. The Bertz CT molecular complexity index is 912. The highest BCUT2D eigenvalue weighted by atomic mass is 16.7. The van der Waals surface area contributed by atoms with Crippen molar-refractivity contribution in [3.05, 3.63) is 72.2 Å². The van der Waals surface area contributed by atoms with Gasteiger partial charge >= 0.3 is 0 Å². The molecule has 5 heteroatoms. The highest BCUT2D eigenvalue weighted by molar-refractivity contribution is 5.80. The van der Waals surface area contributed by atoms with Crippen LogP contribution in [0.5, 0.6) is 0 Å². The number of nitrogens with zero attached hydrogens (tertiary/aromatic N) is 3. The van der Waals surface area contributed by atoms with E-state index in [-0.39, 0.29) is 12.1 Å². The fourth-order valence-corrected chi connectivity index (χ4v) is 2.83. The lowest BCUT2D eigenvalue weighted by atomic mass is 10.00. The zero-order chi connectivity index (χ0) is 17.1. The maximum Gasteiger partial charge on any atom is 0.232 e. The molecule has 25 heavy (non-hydrogen) atoms. The minimum absolute atomic E-state index is 0.154. The molecule has 0 spiro atoms. The standard InChI is InChI=1S/C20H15N3O2/c21-12-18-22-13-17(14-4-2-1-3-5-14)19(23-18)15-6-8-16(9-7-15)20-24-10-11-25-20/h1-9,13,20H,10-11H2. The SMILES string of the molecule is N#Cc1ncc(-c2ccccc2)c(-c2ccc(C3OCCO3)cc2)n1. The Hall–Kier alpha value is -3.07. The first kappa shape index (κ1) is 15.5. The number of aromatic nitrogens is 2. The van der Waals surface area contributed by atoms with Gasteiger partial charge in [-0.15, -0.1) is 0 Å². The highest BCUT2D eigenvalue weighted by Gasteiger charge is 2.18. The van der Waals surface area contributed by atoms with Gasteiger partial charge in [0.15, 0.2) is 6.29 Å². The molecule has 0 bridgehead atoms. The summed E-state index contributed by atoms with van der Waals surface area (Å²) in [5.74, 6) is 0.154. The zero-order valence-electron chi connectivity index (χ0n) is 13.4. The van der Waals surface area contributed by atoms with E-state index in [9.17, 15) is 0 Å². The summed E-state index contributed by atoms with van der Waals surface area (Å²) in [6, 6.07) is 19.8. The molecular weight excluding hydrogens is 314 g/mol. The Kier molecular flexibility index (Phi) is 4.21. The van der Waals surface area contributed by atoms with E-state index in [1.807, 2.05) is 60.7 Å². The van der Waals surface area contributed by atoms with E-state index in [2.05, 4.69) is 9.97 Å². The molecule has 1 aliphatic heterocycles. The van der Waals surface area contributed by atoms with E-state index in [0.717, 1.165) is 27.9 Å². The number of rotatable bonds is 3. The van der Waals surface area contributed by atoms with Crippen LogP contribution >= 0.6 is 0 Å². The normalized spacial score (nSPS) is 14.4. The second-order valence-corrected chi connectivity index (χ2v) is 5.63. The number of benzene rings is 2. The molecule has 2 heterocycles. The van der Waals surface area contributed by atoms with Crippen molar-refractivity contribution in [1.29, 1.82) is 5.26 Å². The van der Waals surface area contributed by atoms with E-state index in [0.29, 0.717) is 13.2 Å². The lowest BCUT2D eigenvalue weighted by Crippen LogP contribution is -1.99. The lowest BCUT2D eigenvalue weighted by molar-refractivity contribution is -0.0441. The molecule has 0 atom stereocenters. The van der Waals surface area contributed by atoms with Gasteiger partial charge in [0.25, 0.3) is 0 Å². The maximum absolute atomic E-state index is 9.15. The van der Waals surface area contributed by atoms with Gasteiger partial charge in [0.1, 0.15) is 6.07 Å². The first-order chi connectivity index (χ1) is 12.3. The molecule has 1 aliphatic rings. The van der Waals surface area contributed by atoms with Gasteiger partial charge in [-0.1, -0.05) is 54.6 Å². The van der Waals surface area contributed by atoms with Gasteiger partial charge in [-0.25, -0.2) is 9.97 Å². The summed E-state index contributed by atoms with van der Waals surface area (Å²) in [7, 11) is 0. The molecule has 3 aromatic rings. The molecule has 0 aliphatic carbocycles. The number of nitriles is 1. The largest absolute Gasteiger partial charge is 0.346 e. The van der Waals surface area contributed by atoms with Crippen LogP contribution in [-0.2, 0) is 9.47 Å². The summed E-state index contributed by atoms with van der Waals surface area (Å²) in [5, 5.41) is 9.15. The van der Waals surface area contributed by atoms with Crippen LogP contribution in [0, 0.1) is 11.3 Å². The molecule has 1 fully saturated rings. The van der Waals surface area contributed by atoms with E-state index in [1.165, 1.54) is 0 Å². The van der Waals surface area contributed by atoms with E-state index >= 15 is 0 Å². The highest BCUT2D eigenvalue weighted by Crippen LogP contribution is 2.31. The average Bonchev–Trinajstić information content (AvgIpc) is 3.23. The van der Waals surface area contributed by atoms with E-state index in [1.54, 1.807) is 6.20 Å². The van der Waals surface area contributed by atoms with Gasteiger partial charge in [-0.2, -0.15) is 5.26 Å². The van der Waals surface area contributed by atoms with Gasteiger partial charge in [-0.3, -0.25) is 0 Å². The molecule has 122 valence electrons. The van der Waals surface area contributed by atoms with Crippen LogP contribution in [0.3, 0.4) is 0 Å². The average molecular weight is 329 g/mol. The molecule has 0 amide bonds. The van der Waals surface area contributed by atoms with Crippen LogP contribution in [0.15, 0.2) is 60.8 Å². The zero-order valence-corrected chi connectivity index (χ0v) is 13.4. The van der Waals surface area contributed by atoms with Crippen molar-refractivity contribution in [1.82, 2.24) is 9.97 Å². The van der Waals surface area contributed by atoms with Gasteiger partial charge in [0, 0.05) is 22.9 Å². The maximum atomic E-state index is 9.15. The predicted octanol–water partition coefficient (Wildman–Crippen LogP) is 3.73. The van der Waals surface area contributed by atoms with Gasteiger partial charge in [0.2, 0.25) is 5.82 Å². The van der Waals surface area contributed by atoms with Crippen molar-refractivity contribution in [3.8, 4) is 28.5 Å². The first-order valence-electron chi connectivity index (χ1n) is 8.01. The van der Waals surface area contributed by atoms with Crippen LogP contribution < -0.4 is 0 Å². The molecule has 1 saturated heterocycles. The van der Waals surface area contributed by atoms with E-state index in [4.69, 9.17) is 14.7 Å². The summed E-state index contributed by atoms with van der Waals surface area (Å²) >= 11 is 0. The van der Waals surface area contributed by atoms with Gasteiger partial charge in [-0.05, 0) is 5.56 Å². The summed E-state index contributed by atoms with van der Waals surface area (Å²) in [6.07, 6.45) is 1.40. The van der Waals surface area contributed by atoms with Crippen LogP contribution in [0.1, 0.15) is 17.7 Å². The van der Waals surface area contributed by atoms with Crippen LogP contribution in [-0.4, -0.2) is 23.2 Å². The molecule has 0 N–H and O–H groups in total. The number of hydrogen-bond donors (Lipinski definition) is 0. The third kappa shape index (κ3) is 3.13. The quantitative estimate of drug-likeness (QED) is 0.732. The van der Waals surface area contributed by atoms with Crippen molar-refractivity contribution in [3.63, 3.8) is 0 Å². The fourth-order valence-electron chi connectivity index (χ4n) is 2.83.